The third kappa shape index (κ3) is 45.5. The van der Waals surface area contributed by atoms with E-state index in [1.807, 2.05) is 29.2 Å². The normalized spacial score (nSPS) is 23.7. The smallest absolute Gasteiger partial charge is 0.317 e. The number of carboxylic acids is 4. The number of anilines is 12. The van der Waals surface area contributed by atoms with Crippen LogP contribution in [-0.4, -0.2) is 363 Å². The van der Waals surface area contributed by atoms with Crippen LogP contribution < -0.4 is 106 Å². The average molecular weight is 2080 g/mol. The van der Waals surface area contributed by atoms with E-state index in [2.05, 4.69) is 118 Å². The molecule has 40 heteroatoms. The SMILES string of the molecule is Nc1cc(N2CCN(CC(=O)O)CC2)nc(NCC2CCC(CNCCCNC3CCCCC3)CC2)n1.Nc1cc(N2CCN(CCC(=O)O)CC2)nc(NC2CCC(CNCCCNC3CCCCC3)CC2)n1.Nc1cc(N2CCN(CCC(=O)O)CC2)nc(NCC2CCC(CNCCCNC3CCCCC3)CC2)n1.Nc1cc(N2CCN(CCC(=O)O)CC2)nc(NCC2CCC(NCCCNC3CCCCC3)CC2)n1. The molecule has 0 spiro atoms. The largest absolute Gasteiger partial charge is 0.481 e. The molecular formula is C109H194N32O8. The lowest BCUT2D eigenvalue weighted by atomic mass is 9.82. The first-order valence-corrected chi connectivity index (χ1v) is 58.8. The maximum absolute atomic E-state index is 10.9. The van der Waals surface area contributed by atoms with Crippen LogP contribution in [0, 0.1) is 35.5 Å². The summed E-state index contributed by atoms with van der Waals surface area (Å²) in [6, 6.07) is 11.4. The van der Waals surface area contributed by atoms with Gasteiger partial charge in [0.1, 0.15) is 46.5 Å². The lowest BCUT2D eigenvalue weighted by molar-refractivity contribution is -0.139. The predicted octanol–water partition coefficient (Wildman–Crippen LogP) is 10.2. The first-order valence-electron chi connectivity index (χ1n) is 58.8. The molecule has 40 nitrogen and oxygen atoms in total. The van der Waals surface area contributed by atoms with Crippen molar-refractivity contribution >= 4 is 94.2 Å². The number of hydrogen-bond donors (Lipinski definition) is 20. The van der Waals surface area contributed by atoms with Crippen molar-refractivity contribution in [3.63, 3.8) is 0 Å². The van der Waals surface area contributed by atoms with E-state index >= 15 is 0 Å². The molecule has 0 amide bonds. The summed E-state index contributed by atoms with van der Waals surface area (Å²) < 4.78 is 0. The van der Waals surface area contributed by atoms with E-state index in [9.17, 15) is 19.2 Å². The molecule has 8 saturated carbocycles. The first kappa shape index (κ1) is 117. The molecule has 4 saturated heterocycles. The Balaban J connectivity index is 0.000000166. The zero-order valence-corrected chi connectivity index (χ0v) is 90.6. The predicted molar refractivity (Wildman–Crippen MR) is 601 cm³/mol. The quantitative estimate of drug-likeness (QED) is 0.0183. The highest BCUT2D eigenvalue weighted by atomic mass is 16.4. The van der Waals surface area contributed by atoms with Crippen LogP contribution in [0.25, 0.3) is 0 Å². The lowest BCUT2D eigenvalue weighted by Crippen LogP contribution is -2.48. The van der Waals surface area contributed by atoms with Gasteiger partial charge in [0.25, 0.3) is 0 Å². The van der Waals surface area contributed by atoms with Crippen LogP contribution in [0.5, 0.6) is 0 Å². The summed E-state index contributed by atoms with van der Waals surface area (Å²) >= 11 is 0. The van der Waals surface area contributed by atoms with Gasteiger partial charge >= 0.3 is 23.9 Å². The molecule has 12 aliphatic rings. The third-order valence-electron chi connectivity index (χ3n) is 33.4. The van der Waals surface area contributed by atoms with E-state index in [0.29, 0.717) is 110 Å². The highest BCUT2D eigenvalue weighted by Gasteiger charge is 2.32. The van der Waals surface area contributed by atoms with Crippen LogP contribution in [0.4, 0.5) is 70.3 Å². The molecule has 4 aliphatic heterocycles. The summed E-state index contributed by atoms with van der Waals surface area (Å²) in [5.41, 5.74) is 24.4. The number of aromatic nitrogens is 8. The summed E-state index contributed by atoms with van der Waals surface area (Å²) in [4.78, 5) is 97.4. The first-order chi connectivity index (χ1) is 72.7. The van der Waals surface area contributed by atoms with Gasteiger partial charge in [0.05, 0.1) is 25.8 Å². The molecule has 0 unspecified atom stereocenters. The van der Waals surface area contributed by atoms with Crippen LogP contribution >= 0.6 is 0 Å². The van der Waals surface area contributed by atoms with Gasteiger partial charge in [0.2, 0.25) is 23.8 Å². The minimum atomic E-state index is -0.783. The monoisotopic (exact) mass is 2080 g/mol. The van der Waals surface area contributed by atoms with Gasteiger partial charge in [-0.1, -0.05) is 77.0 Å². The highest BCUT2D eigenvalue weighted by molar-refractivity contribution is 5.69. The van der Waals surface area contributed by atoms with Gasteiger partial charge in [-0.3, -0.25) is 38.8 Å². The number of nitrogens with one attached hydrogen (secondary N) is 12. The van der Waals surface area contributed by atoms with E-state index in [1.54, 1.807) is 0 Å². The van der Waals surface area contributed by atoms with E-state index in [1.165, 1.54) is 244 Å². The van der Waals surface area contributed by atoms with Crippen LogP contribution in [0.2, 0.25) is 0 Å². The molecule has 8 aliphatic carbocycles. The fraction of sp³-hybridized carbons (Fsp3) is 0.817. The van der Waals surface area contributed by atoms with Gasteiger partial charge in [-0.05, 0) is 287 Å². The Morgan fingerprint density at radius 2 is 0.483 bits per heavy atom. The van der Waals surface area contributed by atoms with Gasteiger partial charge in [0, 0.05) is 205 Å². The van der Waals surface area contributed by atoms with Crippen molar-refractivity contribution in [2.45, 2.75) is 312 Å². The molecule has 8 heterocycles. The van der Waals surface area contributed by atoms with Gasteiger partial charge < -0.3 is 127 Å². The Morgan fingerprint density at radius 1 is 0.255 bits per heavy atom. The molecule has 0 bridgehead atoms. The van der Waals surface area contributed by atoms with Crippen LogP contribution in [0.15, 0.2) is 24.3 Å². The average Bonchev–Trinajstić information content (AvgIpc) is 0.847. The van der Waals surface area contributed by atoms with Crippen molar-refractivity contribution in [3.8, 4) is 0 Å². The number of hydrogen-bond acceptors (Lipinski definition) is 36. The minimum absolute atomic E-state index is 0.0860. The Hall–Kier alpha value is -8.68. The number of piperazine rings is 4. The summed E-state index contributed by atoms with van der Waals surface area (Å²) in [7, 11) is 0. The Morgan fingerprint density at radius 3 is 0.752 bits per heavy atom. The second kappa shape index (κ2) is 66.4. The number of nitrogens with zero attached hydrogens (tertiary/aromatic N) is 16. The molecule has 24 N–H and O–H groups in total. The lowest BCUT2D eigenvalue weighted by Gasteiger charge is -2.35. The second-order valence-electron chi connectivity index (χ2n) is 45.1. The molecule has 4 aromatic rings. The van der Waals surface area contributed by atoms with Crippen LogP contribution in [0.3, 0.4) is 0 Å². The van der Waals surface area contributed by atoms with Crippen LogP contribution in [0.1, 0.15) is 276 Å². The number of carboxylic acid groups (broad SMARTS) is 4. The van der Waals surface area contributed by atoms with Gasteiger partial charge in [-0.15, -0.1) is 0 Å². The molecule has 0 aromatic carbocycles. The van der Waals surface area contributed by atoms with Crippen molar-refractivity contribution in [3.05, 3.63) is 24.3 Å². The Bertz CT molecular complexity index is 4380. The standard InChI is InChI=1S/C28H50N8O2.3C27H48N8O2/c29-25-19-26(36-17-15-35(16-18-36)14-11-27(37)38)34-28(33-25)32-21-23-9-7-22(8-10-23)20-30-12-4-13-31-24-5-2-1-3-6-24;28-24-19-25(35-17-15-34(16-18-35)14-11-26(36)37)33-27(32-24)31-20-21-7-9-23(10-8-21)30-13-4-12-29-22-5-2-1-3-6-22;28-24-19-25(35-17-15-34(16-18-35)14-11-26(36)37)33-27(32-24)31-23-9-7-21(8-10-23)20-29-12-4-13-30-22-5-2-1-3-6-22;28-24-17-25(35-15-13-34(14-16-35)20-26(36)37)33-27(32-24)31-19-22-9-7-21(8-10-22)18-29-11-4-12-30-23-5-2-1-3-6-23/h19,22-24,30-31H,1-18,20-21H2,(H,37,38)(H3,29,32,33,34);2*19,21-23,29-30H,1-18,20H2,(H,36,37)(H3,28,31,32,33);17,21-23,29-30H,1-16,18-20H2,(H,36,37)(H3,28,31,32,33). The Kier molecular flexibility index (Phi) is 52.3. The van der Waals surface area contributed by atoms with Gasteiger partial charge in [-0.25, -0.2) is 0 Å². The zero-order chi connectivity index (χ0) is 104. The zero-order valence-electron chi connectivity index (χ0n) is 90.6. The molecular weight excluding hydrogens is 1890 g/mol. The molecule has 0 atom stereocenters. The number of rotatable bonds is 53. The number of nitrogens with two attached hydrogens (primary N) is 4. The van der Waals surface area contributed by atoms with E-state index in [-0.39, 0.29) is 25.8 Å². The number of nitrogen functional groups attached to an aromatic ring is 4. The summed E-state index contributed by atoms with van der Waals surface area (Å²) in [5.74, 6) is 8.93. The van der Waals surface area contributed by atoms with Crippen molar-refractivity contribution in [2.75, 3.05) is 286 Å². The highest BCUT2D eigenvalue weighted by Crippen LogP contribution is 2.35. The fourth-order valence-electron chi connectivity index (χ4n) is 24.1. The number of aliphatic carboxylic acids is 4. The molecule has 0 radical (unpaired) electrons. The number of carbonyl (C=O) groups is 4. The van der Waals surface area contributed by atoms with Crippen molar-refractivity contribution < 1.29 is 39.6 Å². The maximum Gasteiger partial charge on any atom is 0.317 e. The molecule has 12 fully saturated rings. The minimum Gasteiger partial charge on any atom is -0.481 e. The van der Waals surface area contributed by atoms with E-state index in [4.69, 9.17) is 63.3 Å². The Labute approximate surface area is 889 Å². The van der Waals surface area contributed by atoms with Crippen molar-refractivity contribution in [1.82, 2.24) is 102 Å². The molecule has 4 aromatic heterocycles. The summed E-state index contributed by atoms with van der Waals surface area (Å²) in [6.45, 7) is 29.6. The van der Waals surface area contributed by atoms with Crippen LogP contribution in [-0.2, 0) is 19.2 Å². The van der Waals surface area contributed by atoms with Crippen molar-refractivity contribution in [1.29, 1.82) is 0 Å². The van der Waals surface area contributed by atoms with E-state index in [0.717, 1.165) is 261 Å². The fourth-order valence-corrected chi connectivity index (χ4v) is 24.1. The van der Waals surface area contributed by atoms with Gasteiger partial charge in [0.15, 0.2) is 0 Å². The summed E-state index contributed by atoms with van der Waals surface area (Å²) in [5, 5.41) is 79.4. The second-order valence-corrected chi connectivity index (χ2v) is 45.1. The summed E-state index contributed by atoms with van der Waals surface area (Å²) in [6.07, 6.45) is 52.9. The van der Waals surface area contributed by atoms with Gasteiger partial charge in [-0.2, -0.15) is 39.9 Å². The topological polar surface area (TPSA) is 527 Å². The van der Waals surface area contributed by atoms with Crippen molar-refractivity contribution in [2.24, 2.45) is 35.5 Å². The maximum atomic E-state index is 10.9. The third-order valence-corrected chi connectivity index (χ3v) is 33.4. The molecule has 16 rings (SSSR count). The molecule has 838 valence electrons. The molecule has 149 heavy (non-hydrogen) atoms. The van der Waals surface area contributed by atoms with E-state index < -0.39 is 23.9 Å².